The highest BCUT2D eigenvalue weighted by molar-refractivity contribution is 5.26. The van der Waals surface area contributed by atoms with Crippen LogP contribution in [0.2, 0.25) is 0 Å². The third-order valence-electron chi connectivity index (χ3n) is 2.54. The van der Waals surface area contributed by atoms with Crippen molar-refractivity contribution in [2.75, 3.05) is 0 Å². The molecule has 1 nitrogen and oxygen atoms in total. The smallest absolute Gasteiger partial charge is 0.0375 e. The molecule has 78 valence electrons. The summed E-state index contributed by atoms with van der Waals surface area (Å²) < 4.78 is 0. The predicted octanol–water partition coefficient (Wildman–Crippen LogP) is 3.69. The molecule has 0 spiro atoms. The number of hydrogen-bond donors (Lipinski definition) is 0. The van der Waals surface area contributed by atoms with E-state index in [0.717, 1.165) is 5.69 Å². The van der Waals surface area contributed by atoms with Gasteiger partial charge in [0.2, 0.25) is 0 Å². The minimum Gasteiger partial charge on any atom is -0.261 e. The summed E-state index contributed by atoms with van der Waals surface area (Å²) in [6.45, 7) is 6.54. The Balaban J connectivity index is 2.79. The maximum Gasteiger partial charge on any atom is 0.0375 e. The van der Waals surface area contributed by atoms with Crippen molar-refractivity contribution in [3.63, 3.8) is 0 Å². The molecule has 0 unspecified atom stereocenters. The Hall–Kier alpha value is -0.850. The topological polar surface area (TPSA) is 12.9 Å². The molecule has 0 atom stereocenters. The number of hydrogen-bond acceptors (Lipinski definition) is 1. The van der Waals surface area contributed by atoms with Gasteiger partial charge in [0.05, 0.1) is 0 Å². The zero-order valence-corrected chi connectivity index (χ0v) is 9.64. The molecule has 1 aromatic rings. The predicted molar refractivity (Wildman–Crippen MR) is 61.6 cm³/mol. The summed E-state index contributed by atoms with van der Waals surface area (Å²) >= 11 is 0. The molecular weight excluding hydrogens is 170 g/mol. The van der Waals surface area contributed by atoms with Crippen molar-refractivity contribution in [3.8, 4) is 0 Å². The first-order chi connectivity index (χ1) is 6.77. The minimum atomic E-state index is 1.15. The molecule has 14 heavy (non-hydrogen) atoms. The molecule has 0 N–H and O–H groups in total. The van der Waals surface area contributed by atoms with E-state index in [2.05, 4.69) is 38.0 Å². The van der Waals surface area contributed by atoms with Crippen molar-refractivity contribution < 1.29 is 0 Å². The number of pyridine rings is 1. The number of unbranched alkanes of at least 4 members (excludes halogenated alkanes) is 1. The van der Waals surface area contributed by atoms with Gasteiger partial charge in [0, 0.05) is 11.9 Å². The van der Waals surface area contributed by atoms with E-state index in [0.29, 0.717) is 0 Å². The standard InChI is InChI=1S/C13H21N/c1-4-6-8-12-9-11(3)14-10-13(12)7-5-2/h9-10H,4-8H2,1-3H3. The molecular formula is C13H21N. The van der Waals surface area contributed by atoms with Gasteiger partial charge in [-0.1, -0.05) is 26.7 Å². The summed E-state index contributed by atoms with van der Waals surface area (Å²) in [6.07, 6.45) is 8.22. The largest absolute Gasteiger partial charge is 0.261 e. The Morgan fingerprint density at radius 1 is 1.07 bits per heavy atom. The first kappa shape index (κ1) is 11.2. The Morgan fingerprint density at radius 2 is 1.86 bits per heavy atom. The summed E-state index contributed by atoms with van der Waals surface area (Å²) in [5.41, 5.74) is 4.11. The lowest BCUT2D eigenvalue weighted by atomic mass is 10.0. The number of rotatable bonds is 5. The second-order valence-electron chi connectivity index (χ2n) is 3.95. The molecule has 0 saturated heterocycles. The highest BCUT2D eigenvalue weighted by Crippen LogP contribution is 2.14. The third kappa shape index (κ3) is 3.13. The van der Waals surface area contributed by atoms with Crippen molar-refractivity contribution in [1.29, 1.82) is 0 Å². The maximum atomic E-state index is 4.37. The van der Waals surface area contributed by atoms with Crippen LogP contribution >= 0.6 is 0 Å². The average molecular weight is 191 g/mol. The van der Waals surface area contributed by atoms with E-state index >= 15 is 0 Å². The summed E-state index contributed by atoms with van der Waals surface area (Å²) in [7, 11) is 0. The summed E-state index contributed by atoms with van der Waals surface area (Å²) in [5.74, 6) is 0. The molecule has 1 rings (SSSR count). The zero-order chi connectivity index (χ0) is 10.4. The lowest BCUT2D eigenvalue weighted by Crippen LogP contribution is -1.97. The van der Waals surface area contributed by atoms with E-state index in [1.807, 2.05) is 0 Å². The van der Waals surface area contributed by atoms with Crippen molar-refractivity contribution in [1.82, 2.24) is 4.98 Å². The van der Waals surface area contributed by atoms with E-state index in [1.165, 1.54) is 43.2 Å². The number of aromatic nitrogens is 1. The summed E-state index contributed by atoms with van der Waals surface area (Å²) in [5, 5.41) is 0. The monoisotopic (exact) mass is 191 g/mol. The van der Waals surface area contributed by atoms with Gasteiger partial charge in [-0.3, -0.25) is 4.98 Å². The third-order valence-corrected chi connectivity index (χ3v) is 2.54. The van der Waals surface area contributed by atoms with Gasteiger partial charge < -0.3 is 0 Å². The van der Waals surface area contributed by atoms with Crippen molar-refractivity contribution in [2.24, 2.45) is 0 Å². The van der Waals surface area contributed by atoms with Crippen LogP contribution in [0.4, 0.5) is 0 Å². The van der Waals surface area contributed by atoms with E-state index < -0.39 is 0 Å². The van der Waals surface area contributed by atoms with Crippen molar-refractivity contribution >= 4 is 0 Å². The minimum absolute atomic E-state index is 1.15. The fourth-order valence-corrected chi connectivity index (χ4v) is 1.74. The normalized spacial score (nSPS) is 10.5. The van der Waals surface area contributed by atoms with Crippen LogP contribution in [-0.2, 0) is 12.8 Å². The fraction of sp³-hybridized carbons (Fsp3) is 0.615. The Bertz CT molecular complexity index is 279. The Morgan fingerprint density at radius 3 is 2.50 bits per heavy atom. The van der Waals surface area contributed by atoms with Crippen LogP contribution in [-0.4, -0.2) is 4.98 Å². The number of aryl methyl sites for hydroxylation is 3. The Labute approximate surface area is 87.6 Å². The van der Waals surface area contributed by atoms with E-state index in [1.54, 1.807) is 0 Å². The van der Waals surface area contributed by atoms with Crippen LogP contribution in [0.3, 0.4) is 0 Å². The van der Waals surface area contributed by atoms with Gasteiger partial charge in [0.1, 0.15) is 0 Å². The second-order valence-corrected chi connectivity index (χ2v) is 3.95. The zero-order valence-electron chi connectivity index (χ0n) is 9.64. The summed E-state index contributed by atoms with van der Waals surface area (Å²) in [6, 6.07) is 2.25. The van der Waals surface area contributed by atoms with Crippen molar-refractivity contribution in [2.45, 2.75) is 52.9 Å². The molecule has 1 heteroatoms. The Kier molecular flexibility index (Phi) is 4.64. The van der Waals surface area contributed by atoms with Gasteiger partial charge in [-0.2, -0.15) is 0 Å². The molecule has 0 radical (unpaired) electrons. The molecule has 1 heterocycles. The van der Waals surface area contributed by atoms with Gasteiger partial charge in [-0.15, -0.1) is 0 Å². The molecule has 0 bridgehead atoms. The molecule has 0 aliphatic carbocycles. The van der Waals surface area contributed by atoms with Crippen LogP contribution in [0, 0.1) is 6.92 Å². The quantitative estimate of drug-likeness (QED) is 0.691. The molecule has 0 aromatic carbocycles. The maximum absolute atomic E-state index is 4.37. The van der Waals surface area contributed by atoms with Crippen LogP contribution in [0.15, 0.2) is 12.3 Å². The fourth-order valence-electron chi connectivity index (χ4n) is 1.74. The highest BCUT2D eigenvalue weighted by Gasteiger charge is 2.02. The second kappa shape index (κ2) is 5.79. The van der Waals surface area contributed by atoms with Gasteiger partial charge >= 0.3 is 0 Å². The molecule has 0 aliphatic heterocycles. The van der Waals surface area contributed by atoms with E-state index in [9.17, 15) is 0 Å². The first-order valence-electron chi connectivity index (χ1n) is 5.72. The van der Waals surface area contributed by atoms with Crippen LogP contribution in [0.1, 0.15) is 49.9 Å². The number of nitrogens with zero attached hydrogens (tertiary/aromatic N) is 1. The molecule has 0 aliphatic rings. The molecule has 1 aromatic heterocycles. The summed E-state index contributed by atoms with van der Waals surface area (Å²) in [4.78, 5) is 4.37. The van der Waals surface area contributed by atoms with Gasteiger partial charge in [-0.25, -0.2) is 0 Å². The lowest BCUT2D eigenvalue weighted by Gasteiger charge is -2.08. The average Bonchev–Trinajstić information content (AvgIpc) is 2.18. The van der Waals surface area contributed by atoms with Crippen LogP contribution in [0.25, 0.3) is 0 Å². The van der Waals surface area contributed by atoms with Gasteiger partial charge in [-0.05, 0) is 43.4 Å². The van der Waals surface area contributed by atoms with E-state index in [4.69, 9.17) is 0 Å². The molecule has 0 amide bonds. The van der Waals surface area contributed by atoms with Crippen LogP contribution < -0.4 is 0 Å². The highest BCUT2D eigenvalue weighted by atomic mass is 14.7. The van der Waals surface area contributed by atoms with Gasteiger partial charge in [0.25, 0.3) is 0 Å². The SMILES string of the molecule is CCCCc1cc(C)ncc1CCC. The molecule has 0 saturated carbocycles. The van der Waals surface area contributed by atoms with Crippen LogP contribution in [0.5, 0.6) is 0 Å². The lowest BCUT2D eigenvalue weighted by molar-refractivity contribution is 0.776. The first-order valence-corrected chi connectivity index (χ1v) is 5.72. The van der Waals surface area contributed by atoms with E-state index in [-0.39, 0.29) is 0 Å². The van der Waals surface area contributed by atoms with Gasteiger partial charge in [0.15, 0.2) is 0 Å². The molecule has 0 fully saturated rings. The van der Waals surface area contributed by atoms with Crippen molar-refractivity contribution in [3.05, 3.63) is 29.1 Å².